The summed E-state index contributed by atoms with van der Waals surface area (Å²) in [4.78, 5) is 13.8. The molecule has 18 heavy (non-hydrogen) atoms. The van der Waals surface area contributed by atoms with E-state index in [-0.39, 0.29) is 5.91 Å². The molecule has 1 aromatic carbocycles. The average molecular weight is 246 g/mol. The van der Waals surface area contributed by atoms with Crippen molar-refractivity contribution in [1.82, 2.24) is 0 Å². The smallest absolute Gasteiger partial charge is 0.257 e. The predicted molar refractivity (Wildman–Crippen MR) is 70.7 cm³/mol. The summed E-state index contributed by atoms with van der Waals surface area (Å²) < 4.78 is 0. The number of carbonyl (C=O) groups is 1. The molecule has 2 N–H and O–H groups in total. The van der Waals surface area contributed by atoms with E-state index < -0.39 is 6.10 Å². The molecule has 2 unspecified atom stereocenters. The molecule has 0 aliphatic carbocycles. The first-order valence-corrected chi connectivity index (χ1v) is 6.60. The van der Waals surface area contributed by atoms with Crippen molar-refractivity contribution >= 4 is 17.3 Å². The van der Waals surface area contributed by atoms with Crippen LogP contribution in [0, 0.1) is 0 Å². The quantitative estimate of drug-likeness (QED) is 0.839. The number of fused-ring (bicyclic) bond motifs is 1. The van der Waals surface area contributed by atoms with Crippen LogP contribution in [0.25, 0.3) is 0 Å². The number of amides is 1. The minimum absolute atomic E-state index is 0.324. The number of aliphatic hydroxyl groups excluding tert-OH is 1. The average Bonchev–Trinajstić information content (AvgIpc) is 2.95. The van der Waals surface area contributed by atoms with E-state index in [1.807, 2.05) is 18.2 Å². The van der Waals surface area contributed by atoms with E-state index >= 15 is 0 Å². The Kier molecular flexibility index (Phi) is 2.74. The Morgan fingerprint density at radius 2 is 2.33 bits per heavy atom. The molecule has 2 aliphatic heterocycles. The van der Waals surface area contributed by atoms with Gasteiger partial charge >= 0.3 is 0 Å². The highest BCUT2D eigenvalue weighted by molar-refractivity contribution is 6.02. The Labute approximate surface area is 107 Å². The van der Waals surface area contributed by atoms with Crippen molar-refractivity contribution in [3.05, 3.63) is 23.8 Å². The molecule has 1 fully saturated rings. The Bertz CT molecular complexity index is 487. The van der Waals surface area contributed by atoms with Crippen molar-refractivity contribution < 1.29 is 9.90 Å². The zero-order valence-electron chi connectivity index (χ0n) is 10.5. The standard InChI is InChI=1S/C14H18N2O2/c1-2-9-4-3-7-16(9)10-5-6-11-12(8-10)15-14(18)13(11)17/h5-6,8-9,13,17H,2-4,7H2,1H3,(H,15,18). The lowest BCUT2D eigenvalue weighted by atomic mass is 10.1. The minimum Gasteiger partial charge on any atom is -0.378 e. The van der Waals surface area contributed by atoms with Gasteiger partial charge in [0.1, 0.15) is 0 Å². The molecule has 1 amide bonds. The second-order valence-electron chi connectivity index (χ2n) is 5.06. The first-order chi connectivity index (χ1) is 8.70. The van der Waals surface area contributed by atoms with Gasteiger partial charge in [-0.2, -0.15) is 0 Å². The lowest BCUT2D eigenvalue weighted by molar-refractivity contribution is -0.123. The molecule has 0 spiro atoms. The Morgan fingerprint density at radius 3 is 3.11 bits per heavy atom. The van der Waals surface area contributed by atoms with Crippen LogP contribution in [0.3, 0.4) is 0 Å². The van der Waals surface area contributed by atoms with Crippen LogP contribution >= 0.6 is 0 Å². The molecule has 96 valence electrons. The van der Waals surface area contributed by atoms with Gasteiger partial charge in [-0.1, -0.05) is 13.0 Å². The summed E-state index contributed by atoms with van der Waals surface area (Å²) in [5, 5.41) is 12.4. The maximum Gasteiger partial charge on any atom is 0.257 e. The van der Waals surface area contributed by atoms with Gasteiger partial charge in [0, 0.05) is 29.5 Å². The van der Waals surface area contributed by atoms with Crippen LogP contribution in [0.4, 0.5) is 11.4 Å². The molecule has 1 saturated heterocycles. The Hall–Kier alpha value is -1.55. The van der Waals surface area contributed by atoms with Crippen LogP contribution in [-0.4, -0.2) is 23.6 Å². The molecule has 4 heteroatoms. The number of hydrogen-bond acceptors (Lipinski definition) is 3. The second kappa shape index (κ2) is 4.28. The molecule has 0 aromatic heterocycles. The third-order valence-corrected chi connectivity index (χ3v) is 4.02. The Morgan fingerprint density at radius 1 is 1.50 bits per heavy atom. The van der Waals surface area contributed by atoms with E-state index in [2.05, 4.69) is 17.1 Å². The van der Waals surface area contributed by atoms with Gasteiger partial charge < -0.3 is 15.3 Å². The van der Waals surface area contributed by atoms with E-state index in [4.69, 9.17) is 0 Å². The minimum atomic E-state index is -1.00. The fraction of sp³-hybridized carbons (Fsp3) is 0.500. The molecule has 4 nitrogen and oxygen atoms in total. The molecule has 3 rings (SSSR count). The number of nitrogens with one attached hydrogen (secondary N) is 1. The normalized spacial score (nSPS) is 26.3. The maximum atomic E-state index is 11.4. The van der Waals surface area contributed by atoms with Gasteiger partial charge in [0.2, 0.25) is 0 Å². The van der Waals surface area contributed by atoms with Crippen molar-refractivity contribution in [3.63, 3.8) is 0 Å². The summed E-state index contributed by atoms with van der Waals surface area (Å²) in [6.45, 7) is 3.29. The highest BCUT2D eigenvalue weighted by Gasteiger charge is 2.30. The third-order valence-electron chi connectivity index (χ3n) is 4.02. The van der Waals surface area contributed by atoms with E-state index in [0.29, 0.717) is 11.6 Å². The van der Waals surface area contributed by atoms with Crippen LogP contribution < -0.4 is 10.2 Å². The number of carbonyl (C=O) groups excluding carboxylic acids is 1. The molecule has 2 heterocycles. The summed E-state index contributed by atoms with van der Waals surface area (Å²) in [5.74, 6) is -0.324. The summed E-state index contributed by atoms with van der Waals surface area (Å²) in [7, 11) is 0. The largest absolute Gasteiger partial charge is 0.378 e. The van der Waals surface area contributed by atoms with Gasteiger partial charge in [-0.05, 0) is 31.4 Å². The number of anilines is 2. The summed E-state index contributed by atoms with van der Waals surface area (Å²) >= 11 is 0. The van der Waals surface area contributed by atoms with Gasteiger partial charge in [-0.25, -0.2) is 0 Å². The van der Waals surface area contributed by atoms with Gasteiger partial charge in [0.25, 0.3) is 5.91 Å². The zero-order valence-corrected chi connectivity index (χ0v) is 10.5. The molecule has 0 saturated carbocycles. The van der Waals surface area contributed by atoms with E-state index in [9.17, 15) is 9.90 Å². The summed E-state index contributed by atoms with van der Waals surface area (Å²) in [6.07, 6.45) is 2.61. The maximum absolute atomic E-state index is 11.4. The third kappa shape index (κ3) is 1.68. The molecular weight excluding hydrogens is 228 g/mol. The van der Waals surface area contributed by atoms with Gasteiger partial charge in [-0.15, -0.1) is 0 Å². The monoisotopic (exact) mass is 246 g/mol. The Balaban J connectivity index is 1.92. The first kappa shape index (κ1) is 11.5. The van der Waals surface area contributed by atoms with Crippen molar-refractivity contribution in [2.75, 3.05) is 16.8 Å². The molecule has 1 aromatic rings. The fourth-order valence-electron chi connectivity index (χ4n) is 3.01. The van der Waals surface area contributed by atoms with Gasteiger partial charge in [-0.3, -0.25) is 4.79 Å². The van der Waals surface area contributed by atoms with Crippen LogP contribution in [-0.2, 0) is 4.79 Å². The number of benzene rings is 1. The van der Waals surface area contributed by atoms with Crippen LogP contribution in [0.15, 0.2) is 18.2 Å². The van der Waals surface area contributed by atoms with Crippen molar-refractivity contribution in [2.24, 2.45) is 0 Å². The number of nitrogens with zero attached hydrogens (tertiary/aromatic N) is 1. The number of rotatable bonds is 2. The van der Waals surface area contributed by atoms with Crippen molar-refractivity contribution in [1.29, 1.82) is 0 Å². The zero-order chi connectivity index (χ0) is 12.7. The van der Waals surface area contributed by atoms with E-state index in [1.165, 1.54) is 12.8 Å². The molecule has 0 radical (unpaired) electrons. The predicted octanol–water partition coefficient (Wildman–Crippen LogP) is 2.05. The van der Waals surface area contributed by atoms with Crippen LogP contribution in [0.5, 0.6) is 0 Å². The van der Waals surface area contributed by atoms with Crippen molar-refractivity contribution in [2.45, 2.75) is 38.3 Å². The van der Waals surface area contributed by atoms with Crippen molar-refractivity contribution in [3.8, 4) is 0 Å². The summed E-state index contributed by atoms with van der Waals surface area (Å²) in [5.41, 5.74) is 2.59. The molecule has 2 atom stereocenters. The van der Waals surface area contributed by atoms with Crippen LogP contribution in [0.2, 0.25) is 0 Å². The van der Waals surface area contributed by atoms with Gasteiger partial charge in [0.15, 0.2) is 6.10 Å². The first-order valence-electron chi connectivity index (χ1n) is 6.60. The molecule has 2 aliphatic rings. The lowest BCUT2D eigenvalue weighted by Gasteiger charge is -2.26. The second-order valence-corrected chi connectivity index (χ2v) is 5.06. The van der Waals surface area contributed by atoms with E-state index in [1.54, 1.807) is 0 Å². The van der Waals surface area contributed by atoms with Crippen LogP contribution in [0.1, 0.15) is 37.9 Å². The van der Waals surface area contributed by atoms with Gasteiger partial charge in [0.05, 0.1) is 0 Å². The number of hydrogen-bond donors (Lipinski definition) is 2. The highest BCUT2D eigenvalue weighted by atomic mass is 16.3. The highest BCUT2D eigenvalue weighted by Crippen LogP contribution is 2.36. The SMILES string of the molecule is CCC1CCCN1c1ccc2c(c1)NC(=O)C2O. The topological polar surface area (TPSA) is 52.6 Å². The summed E-state index contributed by atoms with van der Waals surface area (Å²) in [6, 6.07) is 6.46. The van der Waals surface area contributed by atoms with E-state index in [0.717, 1.165) is 24.3 Å². The molecular formula is C14H18N2O2. The lowest BCUT2D eigenvalue weighted by Crippen LogP contribution is -2.28. The number of aliphatic hydroxyl groups is 1. The molecule has 0 bridgehead atoms. The fourth-order valence-corrected chi connectivity index (χ4v) is 3.01.